The fraction of sp³-hybridized carbons (Fsp3) is 0.412. The van der Waals surface area contributed by atoms with Gasteiger partial charge in [0, 0.05) is 31.5 Å². The molecule has 2 rings (SSSR count). The first-order chi connectivity index (χ1) is 10.2. The van der Waals surface area contributed by atoms with Gasteiger partial charge in [0.2, 0.25) is 0 Å². The van der Waals surface area contributed by atoms with Gasteiger partial charge in [-0.25, -0.2) is 4.98 Å². The first-order valence-corrected chi connectivity index (χ1v) is 7.47. The van der Waals surface area contributed by atoms with Crippen LogP contribution in [0.1, 0.15) is 30.3 Å². The van der Waals surface area contributed by atoms with Gasteiger partial charge in [0.15, 0.2) is 0 Å². The van der Waals surface area contributed by atoms with Crippen LogP contribution in [-0.2, 0) is 13.1 Å². The van der Waals surface area contributed by atoms with E-state index in [9.17, 15) is 0 Å². The molecule has 0 fully saturated rings. The molecule has 0 unspecified atom stereocenters. The van der Waals surface area contributed by atoms with Gasteiger partial charge in [-0.15, -0.1) is 0 Å². The first kappa shape index (κ1) is 15.4. The van der Waals surface area contributed by atoms with Crippen molar-refractivity contribution in [3.05, 3.63) is 53.5 Å². The van der Waals surface area contributed by atoms with E-state index in [2.05, 4.69) is 58.4 Å². The Hall–Kier alpha value is -1.94. The molecule has 4 heteroatoms. The summed E-state index contributed by atoms with van der Waals surface area (Å²) in [5, 5.41) is 3.32. The zero-order valence-corrected chi connectivity index (χ0v) is 13.1. The van der Waals surface area contributed by atoms with Crippen LogP contribution in [0.15, 0.2) is 36.5 Å². The predicted octanol–water partition coefficient (Wildman–Crippen LogP) is 3.24. The van der Waals surface area contributed by atoms with E-state index >= 15 is 0 Å². The van der Waals surface area contributed by atoms with Crippen LogP contribution < -0.4 is 5.32 Å². The fourth-order valence-corrected chi connectivity index (χ4v) is 2.25. The minimum Gasteiger partial charge on any atom is -0.370 e. The third kappa shape index (κ3) is 5.16. The molecular formula is C17H24N4. The summed E-state index contributed by atoms with van der Waals surface area (Å²) >= 11 is 0. The molecular weight excluding hydrogens is 260 g/mol. The van der Waals surface area contributed by atoms with Gasteiger partial charge in [0.05, 0.1) is 5.69 Å². The number of nitrogens with zero attached hydrogens (tertiary/aromatic N) is 3. The Morgan fingerprint density at radius 1 is 1.19 bits per heavy atom. The van der Waals surface area contributed by atoms with E-state index < -0.39 is 0 Å². The number of hydrogen-bond donors (Lipinski definition) is 1. The van der Waals surface area contributed by atoms with Crippen molar-refractivity contribution in [1.29, 1.82) is 0 Å². The number of hydrogen-bond acceptors (Lipinski definition) is 4. The minimum atomic E-state index is 0.849. The SMILES string of the molecule is CCCNc1cc(CN(C)Cc2cccc(C)n2)ccn1. The molecule has 0 radical (unpaired) electrons. The number of rotatable bonds is 7. The molecule has 0 aromatic carbocycles. The van der Waals surface area contributed by atoms with Crippen molar-refractivity contribution < 1.29 is 0 Å². The lowest BCUT2D eigenvalue weighted by molar-refractivity contribution is 0.315. The van der Waals surface area contributed by atoms with Gasteiger partial charge in [0.1, 0.15) is 5.82 Å². The molecule has 0 aliphatic carbocycles. The molecule has 0 bridgehead atoms. The Morgan fingerprint density at radius 2 is 2.05 bits per heavy atom. The zero-order chi connectivity index (χ0) is 15.1. The molecule has 0 aliphatic heterocycles. The zero-order valence-electron chi connectivity index (χ0n) is 13.1. The lowest BCUT2D eigenvalue weighted by Crippen LogP contribution is -2.18. The van der Waals surface area contributed by atoms with Crippen molar-refractivity contribution >= 4 is 5.82 Å². The van der Waals surface area contributed by atoms with Gasteiger partial charge in [-0.3, -0.25) is 9.88 Å². The van der Waals surface area contributed by atoms with E-state index in [1.54, 1.807) is 0 Å². The highest BCUT2D eigenvalue weighted by atomic mass is 15.1. The van der Waals surface area contributed by atoms with E-state index in [0.29, 0.717) is 0 Å². The van der Waals surface area contributed by atoms with Crippen LogP contribution in [0.2, 0.25) is 0 Å². The second-order valence-corrected chi connectivity index (χ2v) is 5.42. The Balaban J connectivity index is 1.94. The Kier molecular flexibility index (Phi) is 5.69. The van der Waals surface area contributed by atoms with Crippen LogP contribution in [0.5, 0.6) is 0 Å². The third-order valence-electron chi connectivity index (χ3n) is 3.21. The van der Waals surface area contributed by atoms with Crippen LogP contribution in [0, 0.1) is 6.92 Å². The van der Waals surface area contributed by atoms with Crippen molar-refractivity contribution in [2.45, 2.75) is 33.4 Å². The van der Waals surface area contributed by atoms with E-state index in [1.807, 2.05) is 19.2 Å². The third-order valence-corrected chi connectivity index (χ3v) is 3.21. The Bertz CT molecular complexity index is 568. The summed E-state index contributed by atoms with van der Waals surface area (Å²) in [6.07, 6.45) is 2.97. The standard InChI is InChI=1S/C17H24N4/c1-4-9-18-17-11-15(8-10-19-17)12-21(3)13-16-7-5-6-14(2)20-16/h5-8,10-11H,4,9,12-13H2,1-3H3,(H,18,19). The van der Waals surface area contributed by atoms with Gasteiger partial charge < -0.3 is 5.32 Å². The van der Waals surface area contributed by atoms with E-state index in [0.717, 1.165) is 43.3 Å². The number of pyridine rings is 2. The molecule has 0 saturated carbocycles. The Morgan fingerprint density at radius 3 is 2.81 bits per heavy atom. The summed E-state index contributed by atoms with van der Waals surface area (Å²) in [6, 6.07) is 10.3. The van der Waals surface area contributed by atoms with Crippen LogP contribution in [-0.4, -0.2) is 28.5 Å². The summed E-state index contributed by atoms with van der Waals surface area (Å²) in [6.45, 7) is 6.87. The molecule has 1 N–H and O–H groups in total. The van der Waals surface area contributed by atoms with Gasteiger partial charge in [-0.05, 0) is 50.2 Å². The molecule has 2 aromatic heterocycles. The molecule has 2 heterocycles. The fourth-order valence-electron chi connectivity index (χ4n) is 2.25. The van der Waals surface area contributed by atoms with Gasteiger partial charge in [-0.1, -0.05) is 13.0 Å². The topological polar surface area (TPSA) is 41.0 Å². The Labute approximate surface area is 127 Å². The maximum absolute atomic E-state index is 4.55. The quantitative estimate of drug-likeness (QED) is 0.847. The largest absolute Gasteiger partial charge is 0.370 e. The van der Waals surface area contributed by atoms with Crippen LogP contribution in [0.4, 0.5) is 5.82 Å². The van der Waals surface area contributed by atoms with Crippen molar-refractivity contribution in [1.82, 2.24) is 14.9 Å². The van der Waals surface area contributed by atoms with E-state index in [1.165, 1.54) is 5.56 Å². The molecule has 21 heavy (non-hydrogen) atoms. The van der Waals surface area contributed by atoms with Gasteiger partial charge in [-0.2, -0.15) is 0 Å². The van der Waals surface area contributed by atoms with Crippen LogP contribution >= 0.6 is 0 Å². The van der Waals surface area contributed by atoms with Gasteiger partial charge >= 0.3 is 0 Å². The molecule has 4 nitrogen and oxygen atoms in total. The molecule has 0 atom stereocenters. The molecule has 2 aromatic rings. The molecule has 0 spiro atoms. The molecule has 0 aliphatic rings. The summed E-state index contributed by atoms with van der Waals surface area (Å²) < 4.78 is 0. The van der Waals surface area contributed by atoms with E-state index in [-0.39, 0.29) is 0 Å². The summed E-state index contributed by atoms with van der Waals surface area (Å²) in [5.74, 6) is 0.955. The van der Waals surface area contributed by atoms with Crippen molar-refractivity contribution in [2.75, 3.05) is 18.9 Å². The predicted molar refractivity (Wildman–Crippen MR) is 87.2 cm³/mol. The summed E-state index contributed by atoms with van der Waals surface area (Å²) in [5.41, 5.74) is 3.44. The van der Waals surface area contributed by atoms with Crippen LogP contribution in [0.25, 0.3) is 0 Å². The molecule has 112 valence electrons. The van der Waals surface area contributed by atoms with Crippen molar-refractivity contribution in [2.24, 2.45) is 0 Å². The lowest BCUT2D eigenvalue weighted by Gasteiger charge is -2.17. The summed E-state index contributed by atoms with van der Waals surface area (Å²) in [4.78, 5) is 11.1. The second kappa shape index (κ2) is 7.74. The normalized spacial score (nSPS) is 10.9. The number of nitrogens with one attached hydrogen (secondary N) is 1. The highest BCUT2D eigenvalue weighted by molar-refractivity contribution is 5.37. The average molecular weight is 284 g/mol. The lowest BCUT2D eigenvalue weighted by atomic mass is 10.2. The number of aryl methyl sites for hydroxylation is 1. The summed E-state index contributed by atoms with van der Waals surface area (Å²) in [7, 11) is 2.11. The minimum absolute atomic E-state index is 0.849. The highest BCUT2D eigenvalue weighted by Crippen LogP contribution is 2.11. The number of anilines is 1. The first-order valence-electron chi connectivity index (χ1n) is 7.47. The van der Waals surface area contributed by atoms with Crippen LogP contribution in [0.3, 0.4) is 0 Å². The molecule has 0 amide bonds. The maximum Gasteiger partial charge on any atom is 0.126 e. The average Bonchev–Trinajstić information content (AvgIpc) is 2.45. The van der Waals surface area contributed by atoms with Crippen molar-refractivity contribution in [3.8, 4) is 0 Å². The highest BCUT2D eigenvalue weighted by Gasteiger charge is 2.04. The monoisotopic (exact) mass is 284 g/mol. The smallest absolute Gasteiger partial charge is 0.126 e. The maximum atomic E-state index is 4.55. The van der Waals surface area contributed by atoms with Crippen molar-refractivity contribution in [3.63, 3.8) is 0 Å². The number of aromatic nitrogens is 2. The van der Waals surface area contributed by atoms with Gasteiger partial charge in [0.25, 0.3) is 0 Å². The van der Waals surface area contributed by atoms with E-state index in [4.69, 9.17) is 0 Å². The second-order valence-electron chi connectivity index (χ2n) is 5.42. The molecule has 0 saturated heterocycles.